The summed E-state index contributed by atoms with van der Waals surface area (Å²) in [6.45, 7) is 2.92. The van der Waals surface area contributed by atoms with Gasteiger partial charge in [-0.2, -0.15) is 6.07 Å². The zero-order valence-electron chi connectivity index (χ0n) is 10.0. The van der Waals surface area contributed by atoms with Crippen LogP contribution in [0.25, 0.3) is 0 Å². The molecule has 1 aromatic heterocycles. The maximum Gasteiger partial charge on any atom is 0.217 e. The van der Waals surface area contributed by atoms with Crippen LogP contribution in [0.5, 0.6) is 0 Å². The van der Waals surface area contributed by atoms with E-state index < -0.39 is 0 Å². The van der Waals surface area contributed by atoms with Crippen molar-refractivity contribution in [1.29, 1.82) is 0 Å². The summed E-state index contributed by atoms with van der Waals surface area (Å²) in [7, 11) is 0. The van der Waals surface area contributed by atoms with Crippen LogP contribution in [0.15, 0.2) is 12.3 Å². The Bertz CT molecular complexity index is 380. The predicted molar refractivity (Wildman–Crippen MR) is 62.9 cm³/mol. The molecular formula is C12H16N3OY-. The number of hydrogen-bond donors (Lipinski definition) is 1. The molecule has 89 valence electrons. The average Bonchev–Trinajstić information content (AvgIpc) is 2.44. The van der Waals surface area contributed by atoms with E-state index in [9.17, 15) is 4.79 Å². The summed E-state index contributed by atoms with van der Waals surface area (Å²) < 4.78 is 0. The van der Waals surface area contributed by atoms with Gasteiger partial charge in [-0.3, -0.25) is 4.79 Å². The number of amides is 1. The molecule has 1 atom stereocenters. The number of nitrogens with zero attached hydrogens (tertiary/aromatic N) is 2. The second-order valence-corrected chi connectivity index (χ2v) is 4.34. The van der Waals surface area contributed by atoms with Crippen LogP contribution in [-0.4, -0.2) is 17.4 Å². The van der Waals surface area contributed by atoms with Crippen LogP contribution in [0.1, 0.15) is 26.2 Å². The first-order chi connectivity index (χ1) is 7.66. The third kappa shape index (κ3) is 3.75. The fourth-order valence-corrected chi connectivity index (χ4v) is 1.87. The number of nitrogens with two attached hydrogens (primary N) is 1. The van der Waals surface area contributed by atoms with E-state index in [1.165, 1.54) is 6.20 Å². The van der Waals surface area contributed by atoms with Crippen LogP contribution in [0, 0.1) is 12.0 Å². The molecule has 0 aromatic carbocycles. The summed E-state index contributed by atoms with van der Waals surface area (Å²) in [6.07, 6.45) is 4.13. The second kappa shape index (κ2) is 6.45. The van der Waals surface area contributed by atoms with Crippen molar-refractivity contribution in [2.75, 3.05) is 17.2 Å². The number of carbonyl (C=O) groups excluding carboxylic acids is 1. The normalized spacial score (nSPS) is 20.6. The van der Waals surface area contributed by atoms with E-state index in [1.54, 1.807) is 11.0 Å². The Hall–Kier alpha value is -0.476. The van der Waals surface area contributed by atoms with Gasteiger partial charge in [0.05, 0.1) is 0 Å². The van der Waals surface area contributed by atoms with Crippen molar-refractivity contribution < 1.29 is 37.5 Å². The molecule has 2 heterocycles. The molecule has 5 heteroatoms. The van der Waals surface area contributed by atoms with E-state index in [0.29, 0.717) is 23.8 Å². The van der Waals surface area contributed by atoms with Gasteiger partial charge in [-0.1, -0.05) is 18.8 Å². The number of hydrogen-bond acceptors (Lipinski definition) is 3. The van der Waals surface area contributed by atoms with Gasteiger partial charge in [-0.15, -0.1) is 6.07 Å². The summed E-state index contributed by atoms with van der Waals surface area (Å²) in [5.74, 6) is 1.41. The summed E-state index contributed by atoms with van der Waals surface area (Å²) in [6, 6.07) is 4.55. The van der Waals surface area contributed by atoms with Gasteiger partial charge < -0.3 is 15.6 Å². The maximum atomic E-state index is 11.9. The number of pyridine rings is 1. The zero-order valence-corrected chi connectivity index (χ0v) is 12.9. The number of aromatic nitrogens is 1. The first-order valence-electron chi connectivity index (χ1n) is 5.60. The molecule has 1 unspecified atom stereocenters. The molecule has 1 saturated heterocycles. The summed E-state index contributed by atoms with van der Waals surface area (Å²) in [5.41, 5.74) is 6.02. The van der Waals surface area contributed by atoms with Gasteiger partial charge in [-0.05, 0) is 18.8 Å². The average molecular weight is 307 g/mol. The molecule has 0 aliphatic carbocycles. The molecule has 4 nitrogen and oxygen atoms in total. The molecule has 1 aliphatic rings. The third-order valence-corrected chi connectivity index (χ3v) is 2.98. The fraction of sp³-hybridized carbons (Fsp3) is 0.500. The van der Waals surface area contributed by atoms with Crippen molar-refractivity contribution in [3.63, 3.8) is 0 Å². The van der Waals surface area contributed by atoms with Gasteiger partial charge in [0, 0.05) is 51.5 Å². The van der Waals surface area contributed by atoms with Crippen molar-refractivity contribution in [2.24, 2.45) is 5.92 Å². The van der Waals surface area contributed by atoms with Gasteiger partial charge in [0.1, 0.15) is 0 Å². The van der Waals surface area contributed by atoms with Crippen LogP contribution >= 0.6 is 0 Å². The number of nitrogen functional groups attached to an aromatic ring is 1. The quantitative estimate of drug-likeness (QED) is 0.802. The van der Waals surface area contributed by atoms with E-state index in [-0.39, 0.29) is 38.6 Å². The number of rotatable bonds is 1. The Morgan fingerprint density at radius 1 is 1.53 bits per heavy atom. The van der Waals surface area contributed by atoms with Gasteiger partial charge in [0.2, 0.25) is 5.91 Å². The van der Waals surface area contributed by atoms with Crippen molar-refractivity contribution in [1.82, 2.24) is 4.98 Å². The summed E-state index contributed by atoms with van der Waals surface area (Å²) in [4.78, 5) is 17.8. The minimum Gasteiger partial charge on any atom is -0.418 e. The van der Waals surface area contributed by atoms with Gasteiger partial charge in [-0.25, -0.2) is 0 Å². The Morgan fingerprint density at radius 3 is 2.94 bits per heavy atom. The molecule has 2 rings (SSSR count). The first-order valence-corrected chi connectivity index (χ1v) is 5.60. The summed E-state index contributed by atoms with van der Waals surface area (Å²) >= 11 is 0. The third-order valence-electron chi connectivity index (χ3n) is 2.98. The largest absolute Gasteiger partial charge is 0.418 e. The van der Waals surface area contributed by atoms with E-state index in [0.717, 1.165) is 19.4 Å². The SMILES string of the molecule is CC1CCC(=O)N(c2c[c-]c(N)cn2)CC1.[Y]. The smallest absolute Gasteiger partial charge is 0.217 e. The molecule has 1 fully saturated rings. The number of carbonyl (C=O) groups is 1. The first kappa shape index (κ1) is 14.6. The molecular weight excluding hydrogens is 291 g/mol. The molecule has 0 spiro atoms. The molecule has 2 N–H and O–H groups in total. The Kier molecular flexibility index (Phi) is 5.54. The number of anilines is 2. The summed E-state index contributed by atoms with van der Waals surface area (Å²) in [5, 5.41) is 0. The minimum absolute atomic E-state index is 0. The topological polar surface area (TPSA) is 59.2 Å². The Labute approximate surface area is 127 Å². The minimum atomic E-state index is 0. The van der Waals surface area contributed by atoms with Gasteiger partial charge in [0.25, 0.3) is 0 Å². The molecule has 17 heavy (non-hydrogen) atoms. The van der Waals surface area contributed by atoms with Crippen molar-refractivity contribution in [3.05, 3.63) is 18.3 Å². The van der Waals surface area contributed by atoms with Crippen LogP contribution in [0.3, 0.4) is 0 Å². The van der Waals surface area contributed by atoms with E-state index in [2.05, 4.69) is 18.0 Å². The standard InChI is InChI=1S/C12H16N3O.Y/c1-9-2-5-12(16)15(7-6-9)11-4-3-10(13)8-14-11;/h4,8-9H,2,5-7,13H2,1H3;/q-1;. The fourth-order valence-electron chi connectivity index (χ4n) is 1.87. The Balaban J connectivity index is 0.00000144. The van der Waals surface area contributed by atoms with Crippen LogP contribution in [0.2, 0.25) is 0 Å². The molecule has 0 saturated carbocycles. The van der Waals surface area contributed by atoms with Gasteiger partial charge >= 0.3 is 0 Å². The zero-order chi connectivity index (χ0) is 11.5. The molecule has 1 amide bonds. The van der Waals surface area contributed by atoms with E-state index >= 15 is 0 Å². The van der Waals surface area contributed by atoms with Crippen molar-refractivity contribution in [2.45, 2.75) is 26.2 Å². The molecule has 1 radical (unpaired) electrons. The van der Waals surface area contributed by atoms with Crippen LogP contribution < -0.4 is 10.6 Å². The monoisotopic (exact) mass is 307 g/mol. The van der Waals surface area contributed by atoms with Crippen molar-refractivity contribution >= 4 is 17.4 Å². The van der Waals surface area contributed by atoms with E-state index in [4.69, 9.17) is 5.73 Å². The second-order valence-electron chi connectivity index (χ2n) is 4.34. The predicted octanol–water partition coefficient (Wildman–Crippen LogP) is 1.61. The van der Waals surface area contributed by atoms with Gasteiger partial charge in [0.15, 0.2) is 0 Å². The van der Waals surface area contributed by atoms with Crippen LogP contribution in [0.4, 0.5) is 11.5 Å². The van der Waals surface area contributed by atoms with E-state index in [1.807, 2.05) is 0 Å². The Morgan fingerprint density at radius 2 is 2.29 bits per heavy atom. The molecule has 1 aliphatic heterocycles. The molecule has 0 bridgehead atoms. The molecule has 1 aromatic rings. The van der Waals surface area contributed by atoms with Crippen molar-refractivity contribution in [3.8, 4) is 0 Å². The van der Waals surface area contributed by atoms with Crippen LogP contribution in [-0.2, 0) is 37.5 Å². The maximum absolute atomic E-state index is 11.9.